The Kier molecular flexibility index (Phi) is 4.97. The molecule has 2 aromatic carbocycles. The summed E-state index contributed by atoms with van der Waals surface area (Å²) in [5.74, 6) is 0.404. The average molecular weight is 495 g/mol. The van der Waals surface area contributed by atoms with Crippen molar-refractivity contribution in [1.82, 2.24) is 9.88 Å². The number of hydrogen-bond donors (Lipinski definition) is 2. The summed E-state index contributed by atoms with van der Waals surface area (Å²) in [7, 11) is 0. The van der Waals surface area contributed by atoms with Crippen molar-refractivity contribution < 1.29 is 14.7 Å². The van der Waals surface area contributed by atoms with E-state index in [1.54, 1.807) is 0 Å². The number of ketones is 1. The van der Waals surface area contributed by atoms with Crippen LogP contribution in [0.25, 0.3) is 10.9 Å². The summed E-state index contributed by atoms with van der Waals surface area (Å²) in [5, 5.41) is 10.3. The molecule has 2 N–H and O–H groups in total. The fourth-order valence-corrected chi connectivity index (χ4v) is 5.94. The first-order chi connectivity index (χ1) is 15.2. The minimum Gasteiger partial charge on any atom is -0.465 e. The Morgan fingerprint density at radius 2 is 1.94 bits per heavy atom. The van der Waals surface area contributed by atoms with Gasteiger partial charge in [-0.3, -0.25) is 4.79 Å². The van der Waals surface area contributed by atoms with Crippen LogP contribution in [-0.4, -0.2) is 40.0 Å². The highest BCUT2D eigenvalue weighted by atomic mass is 79.9. The molecule has 0 radical (unpaired) electrons. The van der Waals surface area contributed by atoms with Gasteiger partial charge in [0.05, 0.1) is 5.56 Å². The van der Waals surface area contributed by atoms with Gasteiger partial charge in [0.15, 0.2) is 5.78 Å². The summed E-state index contributed by atoms with van der Waals surface area (Å²) in [5.41, 5.74) is 6.73. The Morgan fingerprint density at radius 1 is 1.22 bits per heavy atom. The van der Waals surface area contributed by atoms with Gasteiger partial charge in [-0.1, -0.05) is 48.8 Å². The van der Waals surface area contributed by atoms with E-state index in [1.807, 2.05) is 18.2 Å². The number of hydrogen-bond acceptors (Lipinski definition) is 2. The third-order valence-electron chi connectivity index (χ3n) is 7.40. The van der Waals surface area contributed by atoms with Crippen LogP contribution >= 0.6 is 15.9 Å². The molecule has 1 amide bonds. The van der Waals surface area contributed by atoms with Gasteiger partial charge in [0.2, 0.25) is 0 Å². The maximum absolute atomic E-state index is 13.7. The summed E-state index contributed by atoms with van der Waals surface area (Å²) in [6, 6.07) is 10.4. The standard InChI is InChI=1S/C26H27BrN2O3/c1-4-14-11-19-20(13-18(14)15-7-9-29(10-8-15)25(31)32)26(2,3)24-22(23(19)30)17-6-5-16(27)12-21(17)28-24/h5-6,11-13,15,28H,4,7-10H2,1-3H3,(H,31,32). The van der Waals surface area contributed by atoms with E-state index in [0.29, 0.717) is 19.0 Å². The Balaban J connectivity index is 1.63. The molecular weight excluding hydrogens is 468 g/mol. The highest BCUT2D eigenvalue weighted by Gasteiger charge is 2.40. The minimum atomic E-state index is -0.839. The first-order valence-corrected chi connectivity index (χ1v) is 12.0. The fraction of sp³-hybridized carbons (Fsp3) is 0.385. The number of carbonyl (C=O) groups is 2. The van der Waals surface area contributed by atoms with Gasteiger partial charge in [0, 0.05) is 45.1 Å². The number of aryl methyl sites for hydroxylation is 1. The summed E-state index contributed by atoms with van der Waals surface area (Å²) < 4.78 is 0.981. The molecule has 1 aliphatic carbocycles. The topological polar surface area (TPSA) is 73.4 Å². The molecule has 5 rings (SSSR count). The Morgan fingerprint density at radius 3 is 2.59 bits per heavy atom. The lowest BCUT2D eigenvalue weighted by molar-refractivity contribution is 0.103. The molecule has 32 heavy (non-hydrogen) atoms. The monoisotopic (exact) mass is 494 g/mol. The van der Waals surface area contributed by atoms with Crippen molar-refractivity contribution in [3.63, 3.8) is 0 Å². The number of rotatable bonds is 2. The number of benzene rings is 2. The predicted octanol–water partition coefficient (Wildman–Crippen LogP) is 6.22. The lowest BCUT2D eigenvalue weighted by Gasteiger charge is -2.36. The zero-order chi connectivity index (χ0) is 22.8. The molecule has 1 saturated heterocycles. The number of amides is 1. The SMILES string of the molecule is CCc1cc2c(cc1C1CCN(C(=O)O)CC1)C(C)(C)c1[nH]c3cc(Br)ccc3c1C2=O. The number of halogens is 1. The summed E-state index contributed by atoms with van der Waals surface area (Å²) >= 11 is 3.54. The summed E-state index contributed by atoms with van der Waals surface area (Å²) in [6.07, 6.45) is 1.65. The number of nitrogens with zero attached hydrogens (tertiary/aromatic N) is 1. The van der Waals surface area contributed by atoms with Crippen molar-refractivity contribution in [2.24, 2.45) is 0 Å². The number of carboxylic acid groups (broad SMARTS) is 1. The van der Waals surface area contributed by atoms with Gasteiger partial charge in [-0.05, 0) is 60.1 Å². The van der Waals surface area contributed by atoms with Gasteiger partial charge in [-0.2, -0.15) is 0 Å². The number of nitrogens with one attached hydrogen (secondary N) is 1. The van der Waals surface area contributed by atoms with E-state index in [0.717, 1.165) is 57.0 Å². The van der Waals surface area contributed by atoms with E-state index >= 15 is 0 Å². The van der Waals surface area contributed by atoms with Crippen LogP contribution in [0.3, 0.4) is 0 Å². The van der Waals surface area contributed by atoms with Crippen LogP contribution in [0.15, 0.2) is 34.8 Å². The smallest absolute Gasteiger partial charge is 0.407 e. The van der Waals surface area contributed by atoms with Crippen LogP contribution in [0.1, 0.15) is 77.8 Å². The van der Waals surface area contributed by atoms with E-state index in [4.69, 9.17) is 0 Å². The minimum absolute atomic E-state index is 0.0878. The van der Waals surface area contributed by atoms with E-state index in [2.05, 4.69) is 53.8 Å². The number of fused-ring (bicyclic) bond motifs is 4. The molecule has 6 heteroatoms. The largest absolute Gasteiger partial charge is 0.465 e. The molecule has 0 atom stereocenters. The van der Waals surface area contributed by atoms with Crippen molar-refractivity contribution in [1.29, 1.82) is 0 Å². The van der Waals surface area contributed by atoms with Gasteiger partial charge in [0.1, 0.15) is 0 Å². The van der Waals surface area contributed by atoms with Crippen LogP contribution in [0.4, 0.5) is 4.79 Å². The second-order valence-electron chi connectivity index (χ2n) is 9.51. The Bertz CT molecular complexity index is 1270. The normalized spacial score (nSPS) is 18.0. The zero-order valence-corrected chi connectivity index (χ0v) is 20.2. The second-order valence-corrected chi connectivity index (χ2v) is 10.4. The van der Waals surface area contributed by atoms with Gasteiger partial charge >= 0.3 is 6.09 Å². The number of aromatic nitrogens is 1. The molecular formula is C26H27BrN2O3. The van der Waals surface area contributed by atoms with E-state index in [9.17, 15) is 14.7 Å². The lowest BCUT2D eigenvalue weighted by atomic mass is 9.69. The third kappa shape index (κ3) is 3.11. The number of H-pyrrole nitrogens is 1. The fourth-order valence-electron chi connectivity index (χ4n) is 5.58. The predicted molar refractivity (Wildman–Crippen MR) is 129 cm³/mol. The molecule has 2 heterocycles. The van der Waals surface area contributed by atoms with Crippen molar-refractivity contribution in [3.8, 4) is 0 Å². The first kappa shape index (κ1) is 21.3. The van der Waals surface area contributed by atoms with Crippen LogP contribution in [0.2, 0.25) is 0 Å². The Hall–Kier alpha value is -2.60. The number of aromatic amines is 1. The van der Waals surface area contributed by atoms with Crippen LogP contribution in [0, 0.1) is 0 Å². The molecule has 1 aromatic heterocycles. The van der Waals surface area contributed by atoms with Crippen LogP contribution in [-0.2, 0) is 11.8 Å². The number of piperidine rings is 1. The van der Waals surface area contributed by atoms with Crippen LogP contribution in [0.5, 0.6) is 0 Å². The number of likely N-dealkylation sites (tertiary alicyclic amines) is 1. The number of carbonyl (C=O) groups excluding carboxylic acids is 1. The quantitative estimate of drug-likeness (QED) is 0.443. The average Bonchev–Trinajstić information content (AvgIpc) is 3.16. The highest BCUT2D eigenvalue weighted by molar-refractivity contribution is 9.10. The van der Waals surface area contributed by atoms with Crippen molar-refractivity contribution in [2.75, 3.05) is 13.1 Å². The molecule has 166 valence electrons. The molecule has 0 unspecified atom stereocenters. The van der Waals surface area contributed by atoms with Crippen molar-refractivity contribution >= 4 is 38.7 Å². The van der Waals surface area contributed by atoms with Gasteiger partial charge < -0.3 is 15.0 Å². The Labute approximate surface area is 195 Å². The second kappa shape index (κ2) is 7.48. The first-order valence-electron chi connectivity index (χ1n) is 11.2. The molecule has 0 bridgehead atoms. The van der Waals surface area contributed by atoms with Crippen molar-refractivity contribution in [2.45, 2.75) is 51.4 Å². The summed E-state index contributed by atoms with van der Waals surface area (Å²) in [6.45, 7) is 7.62. The molecule has 1 fully saturated rings. The highest BCUT2D eigenvalue weighted by Crippen LogP contribution is 2.46. The molecule has 1 aliphatic heterocycles. The van der Waals surface area contributed by atoms with E-state index in [-0.39, 0.29) is 11.2 Å². The molecule has 0 saturated carbocycles. The zero-order valence-electron chi connectivity index (χ0n) is 18.6. The van der Waals surface area contributed by atoms with Crippen molar-refractivity contribution in [3.05, 3.63) is 68.3 Å². The third-order valence-corrected chi connectivity index (χ3v) is 7.89. The molecule has 3 aromatic rings. The van der Waals surface area contributed by atoms with Gasteiger partial charge in [-0.25, -0.2) is 4.79 Å². The molecule has 5 nitrogen and oxygen atoms in total. The van der Waals surface area contributed by atoms with Crippen LogP contribution < -0.4 is 0 Å². The van der Waals surface area contributed by atoms with E-state index < -0.39 is 6.09 Å². The summed E-state index contributed by atoms with van der Waals surface area (Å²) in [4.78, 5) is 30.1. The van der Waals surface area contributed by atoms with E-state index in [1.165, 1.54) is 16.0 Å². The lowest BCUT2D eigenvalue weighted by Crippen LogP contribution is -2.37. The molecule has 2 aliphatic rings. The van der Waals surface area contributed by atoms with Gasteiger partial charge in [-0.15, -0.1) is 0 Å². The maximum Gasteiger partial charge on any atom is 0.407 e. The molecule has 0 spiro atoms. The van der Waals surface area contributed by atoms with Gasteiger partial charge in [0.25, 0.3) is 0 Å². The maximum atomic E-state index is 13.7.